The average molecular weight is 471 g/mol. The Balaban J connectivity index is 1.34. The largest absolute Gasteiger partial charge is 0.322 e. The zero-order valence-corrected chi connectivity index (χ0v) is 19.7. The molecule has 1 fully saturated rings. The number of nitrogens with zero attached hydrogens (tertiary/aromatic N) is 4. The summed E-state index contributed by atoms with van der Waals surface area (Å²) in [7, 11) is -1.50. The maximum absolute atomic E-state index is 13.1. The molecule has 2 aliphatic rings. The number of rotatable bonds is 5. The fraction of sp³-hybridized carbons (Fsp3) is 0.391. The Morgan fingerprint density at radius 1 is 1.06 bits per heavy atom. The summed E-state index contributed by atoms with van der Waals surface area (Å²) < 4.78 is 29.4. The van der Waals surface area contributed by atoms with E-state index in [4.69, 9.17) is 0 Å². The number of fused-ring (bicyclic) bond motifs is 2. The molecule has 2 aromatic carbocycles. The first kappa shape index (κ1) is 21.5. The summed E-state index contributed by atoms with van der Waals surface area (Å²) in [5.41, 5.74) is 3.71. The van der Waals surface area contributed by atoms with Crippen LogP contribution < -0.4 is 4.90 Å². The molecule has 1 saturated heterocycles. The third-order valence-corrected chi connectivity index (χ3v) is 9.15. The summed E-state index contributed by atoms with van der Waals surface area (Å²) >= 11 is 1.43. The van der Waals surface area contributed by atoms with Crippen molar-refractivity contribution in [2.75, 3.05) is 30.3 Å². The van der Waals surface area contributed by atoms with E-state index in [1.165, 1.54) is 11.8 Å². The van der Waals surface area contributed by atoms with Gasteiger partial charge in [-0.05, 0) is 61.6 Å². The molecular formula is C23H26N4O3S2. The number of benzene rings is 2. The standard InChI is InChI=1S/C23H26N4O3S2/c1-25-21-9-3-2-8-19(21)24-23(25)31-16-22(28)27-14-6-7-17-15-18(10-11-20(17)27)32(29,30)26-12-4-5-13-26/h2-3,8-11,15H,4-7,12-14,16H2,1H3. The molecule has 0 bridgehead atoms. The van der Waals surface area contributed by atoms with Crippen LogP contribution in [-0.4, -0.2) is 53.6 Å². The number of carbonyl (C=O) groups is 1. The highest BCUT2D eigenvalue weighted by Crippen LogP contribution is 2.32. The average Bonchev–Trinajstić information content (AvgIpc) is 3.46. The number of sulfonamides is 1. The van der Waals surface area contributed by atoms with Crippen molar-refractivity contribution in [3.63, 3.8) is 0 Å². The molecule has 7 nitrogen and oxygen atoms in total. The van der Waals surface area contributed by atoms with Crippen molar-refractivity contribution >= 4 is 44.4 Å². The highest BCUT2D eigenvalue weighted by atomic mass is 32.2. The lowest BCUT2D eigenvalue weighted by Crippen LogP contribution is -2.37. The number of amides is 1. The number of aromatic nitrogens is 2. The van der Waals surface area contributed by atoms with Gasteiger partial charge in [0.25, 0.3) is 0 Å². The molecule has 0 aliphatic carbocycles. The molecule has 3 heterocycles. The Kier molecular flexibility index (Phi) is 5.73. The van der Waals surface area contributed by atoms with Gasteiger partial charge in [-0.3, -0.25) is 4.79 Å². The summed E-state index contributed by atoms with van der Waals surface area (Å²) in [6.45, 7) is 1.82. The van der Waals surface area contributed by atoms with Crippen molar-refractivity contribution < 1.29 is 13.2 Å². The molecule has 0 radical (unpaired) electrons. The summed E-state index contributed by atoms with van der Waals surface area (Å²) in [4.78, 5) is 19.9. The van der Waals surface area contributed by atoms with Crippen LogP contribution in [0.5, 0.6) is 0 Å². The summed E-state index contributed by atoms with van der Waals surface area (Å²) in [6.07, 6.45) is 3.43. The second-order valence-electron chi connectivity index (χ2n) is 8.28. The number of imidazole rings is 1. The number of para-hydroxylation sites is 2. The molecule has 0 spiro atoms. The number of thioether (sulfide) groups is 1. The highest BCUT2D eigenvalue weighted by Gasteiger charge is 2.29. The first-order chi connectivity index (χ1) is 15.4. The number of anilines is 1. The van der Waals surface area contributed by atoms with E-state index in [0.29, 0.717) is 24.5 Å². The molecule has 0 saturated carbocycles. The Morgan fingerprint density at radius 2 is 1.84 bits per heavy atom. The number of hydrogen-bond donors (Lipinski definition) is 0. The van der Waals surface area contributed by atoms with Gasteiger partial charge in [-0.2, -0.15) is 4.31 Å². The lowest BCUT2D eigenvalue weighted by atomic mass is 10.0. The van der Waals surface area contributed by atoms with Gasteiger partial charge in [-0.1, -0.05) is 23.9 Å². The van der Waals surface area contributed by atoms with Crippen molar-refractivity contribution in [2.24, 2.45) is 7.05 Å². The molecule has 2 aliphatic heterocycles. The third-order valence-electron chi connectivity index (χ3n) is 6.24. The Labute approximate surface area is 192 Å². The second kappa shape index (κ2) is 8.53. The SMILES string of the molecule is Cn1c(SCC(=O)N2CCCc3cc(S(=O)(=O)N4CCCC4)ccc32)nc2ccccc21. The number of hydrogen-bond acceptors (Lipinski definition) is 5. The van der Waals surface area contributed by atoms with Crippen LogP contribution in [-0.2, 0) is 28.3 Å². The van der Waals surface area contributed by atoms with E-state index in [0.717, 1.165) is 53.1 Å². The van der Waals surface area contributed by atoms with Crippen LogP contribution in [0.15, 0.2) is 52.5 Å². The molecule has 9 heteroatoms. The van der Waals surface area contributed by atoms with Gasteiger partial charge in [0.05, 0.1) is 21.7 Å². The lowest BCUT2D eigenvalue weighted by molar-refractivity contribution is -0.116. The first-order valence-corrected chi connectivity index (χ1v) is 13.4. The van der Waals surface area contributed by atoms with Crippen molar-refractivity contribution in [1.82, 2.24) is 13.9 Å². The predicted molar refractivity (Wildman–Crippen MR) is 127 cm³/mol. The minimum absolute atomic E-state index is 0.0122. The van der Waals surface area contributed by atoms with Gasteiger partial charge in [0.15, 0.2) is 5.16 Å². The van der Waals surface area contributed by atoms with E-state index in [1.807, 2.05) is 35.9 Å². The molecular weight excluding hydrogens is 444 g/mol. The fourth-order valence-corrected chi connectivity index (χ4v) is 6.96. The van der Waals surface area contributed by atoms with E-state index < -0.39 is 10.0 Å². The van der Waals surface area contributed by atoms with Gasteiger partial charge in [0, 0.05) is 32.4 Å². The predicted octanol–water partition coefficient (Wildman–Crippen LogP) is 3.43. The Bertz CT molecular complexity index is 1280. The lowest BCUT2D eigenvalue weighted by Gasteiger charge is -2.30. The van der Waals surface area contributed by atoms with Gasteiger partial charge < -0.3 is 9.47 Å². The maximum atomic E-state index is 13.1. The van der Waals surface area contributed by atoms with E-state index in [9.17, 15) is 13.2 Å². The minimum atomic E-state index is -3.46. The highest BCUT2D eigenvalue weighted by molar-refractivity contribution is 7.99. The monoisotopic (exact) mass is 470 g/mol. The van der Waals surface area contributed by atoms with Crippen LogP contribution in [0.25, 0.3) is 11.0 Å². The molecule has 3 aromatic rings. The number of carbonyl (C=O) groups excluding carboxylic acids is 1. The van der Waals surface area contributed by atoms with Gasteiger partial charge in [0.1, 0.15) is 0 Å². The van der Waals surface area contributed by atoms with E-state index in [1.54, 1.807) is 27.4 Å². The molecule has 0 N–H and O–H groups in total. The molecule has 1 aromatic heterocycles. The molecule has 168 valence electrons. The van der Waals surface area contributed by atoms with Gasteiger partial charge in [-0.25, -0.2) is 13.4 Å². The molecule has 32 heavy (non-hydrogen) atoms. The minimum Gasteiger partial charge on any atom is -0.322 e. The molecule has 5 rings (SSSR count). The zero-order chi connectivity index (χ0) is 22.3. The summed E-state index contributed by atoms with van der Waals surface area (Å²) in [5.74, 6) is 0.294. The van der Waals surface area contributed by atoms with E-state index in [-0.39, 0.29) is 11.7 Å². The van der Waals surface area contributed by atoms with Crippen molar-refractivity contribution in [3.8, 4) is 0 Å². The van der Waals surface area contributed by atoms with E-state index in [2.05, 4.69) is 4.98 Å². The van der Waals surface area contributed by atoms with Crippen LogP contribution in [0.2, 0.25) is 0 Å². The summed E-state index contributed by atoms with van der Waals surface area (Å²) in [5, 5.41) is 0.809. The van der Waals surface area contributed by atoms with Crippen molar-refractivity contribution in [1.29, 1.82) is 0 Å². The Hall–Kier alpha value is -2.36. The van der Waals surface area contributed by atoms with Crippen LogP contribution >= 0.6 is 11.8 Å². The summed E-state index contributed by atoms with van der Waals surface area (Å²) in [6, 6.07) is 13.1. The Morgan fingerprint density at radius 3 is 2.62 bits per heavy atom. The quantitative estimate of drug-likeness (QED) is 0.534. The first-order valence-electron chi connectivity index (χ1n) is 10.9. The van der Waals surface area contributed by atoms with Crippen molar-refractivity contribution in [3.05, 3.63) is 48.0 Å². The molecule has 1 amide bonds. The van der Waals surface area contributed by atoms with Crippen LogP contribution in [0.1, 0.15) is 24.8 Å². The van der Waals surface area contributed by atoms with Gasteiger partial charge >= 0.3 is 0 Å². The van der Waals surface area contributed by atoms with Crippen LogP contribution in [0, 0.1) is 0 Å². The van der Waals surface area contributed by atoms with Crippen LogP contribution in [0.3, 0.4) is 0 Å². The zero-order valence-electron chi connectivity index (χ0n) is 18.0. The third kappa shape index (κ3) is 3.82. The smallest absolute Gasteiger partial charge is 0.243 e. The van der Waals surface area contributed by atoms with Crippen LogP contribution in [0.4, 0.5) is 5.69 Å². The van der Waals surface area contributed by atoms with E-state index >= 15 is 0 Å². The van der Waals surface area contributed by atoms with Crippen molar-refractivity contribution in [2.45, 2.75) is 35.7 Å². The molecule has 0 atom stereocenters. The second-order valence-corrected chi connectivity index (χ2v) is 11.2. The van der Waals surface area contributed by atoms with Gasteiger partial charge in [0.2, 0.25) is 15.9 Å². The van der Waals surface area contributed by atoms with Gasteiger partial charge in [-0.15, -0.1) is 0 Å². The topological polar surface area (TPSA) is 75.5 Å². The molecule has 0 unspecified atom stereocenters. The fourth-order valence-electron chi connectivity index (χ4n) is 4.53. The normalized spacial score (nSPS) is 17.1. The number of aryl methyl sites for hydroxylation is 2. The maximum Gasteiger partial charge on any atom is 0.243 e.